The van der Waals surface area contributed by atoms with Crippen molar-refractivity contribution in [3.8, 4) is 11.4 Å². The number of nitrogens with one attached hydrogen (secondary N) is 1. The number of benzene rings is 2. The third-order valence-electron chi connectivity index (χ3n) is 3.19. The summed E-state index contributed by atoms with van der Waals surface area (Å²) in [5.74, 6) is -0.539. The van der Waals surface area contributed by atoms with E-state index >= 15 is 0 Å². The number of nitrogens with zero attached hydrogens (tertiary/aromatic N) is 3. The van der Waals surface area contributed by atoms with Crippen molar-refractivity contribution in [1.82, 2.24) is 20.3 Å². The molecule has 7 heteroatoms. The maximum Gasteiger partial charge on any atom is 0.251 e. The molecule has 2 aromatic carbocycles. The number of hydrogen-bond donors (Lipinski definition) is 2. The fraction of sp³-hybridized carbons (Fsp3) is 0.0625. The summed E-state index contributed by atoms with van der Waals surface area (Å²) in [6.07, 6.45) is 1.68. The highest BCUT2D eigenvalue weighted by Gasteiger charge is 2.08. The van der Waals surface area contributed by atoms with Crippen LogP contribution in [0.15, 0.2) is 54.7 Å². The van der Waals surface area contributed by atoms with Crippen LogP contribution in [0.4, 0.5) is 4.39 Å². The highest BCUT2D eigenvalue weighted by Crippen LogP contribution is 2.13. The Morgan fingerprint density at radius 3 is 2.52 bits per heavy atom. The molecule has 1 heterocycles. The summed E-state index contributed by atoms with van der Waals surface area (Å²) in [6, 6.07) is 11.8. The maximum absolute atomic E-state index is 12.8. The van der Waals surface area contributed by atoms with Crippen molar-refractivity contribution >= 4 is 5.91 Å². The van der Waals surface area contributed by atoms with Gasteiger partial charge >= 0.3 is 0 Å². The zero-order valence-electron chi connectivity index (χ0n) is 12.0. The van der Waals surface area contributed by atoms with Crippen molar-refractivity contribution in [3.63, 3.8) is 0 Å². The first-order valence-corrected chi connectivity index (χ1v) is 6.86. The lowest BCUT2D eigenvalue weighted by Crippen LogP contribution is -2.22. The summed E-state index contributed by atoms with van der Waals surface area (Å²) < 4.78 is 14.4. The van der Waals surface area contributed by atoms with Gasteiger partial charge in [0.2, 0.25) is 0 Å². The Morgan fingerprint density at radius 2 is 1.83 bits per heavy atom. The van der Waals surface area contributed by atoms with Crippen molar-refractivity contribution in [2.24, 2.45) is 0 Å². The molecule has 0 saturated heterocycles. The van der Waals surface area contributed by atoms with E-state index < -0.39 is 5.82 Å². The number of hydrogen-bond acceptors (Lipinski definition) is 4. The molecule has 0 unspecified atom stereocenters. The van der Waals surface area contributed by atoms with Crippen LogP contribution >= 0.6 is 0 Å². The average Bonchev–Trinajstić information content (AvgIpc) is 3.03. The molecule has 3 rings (SSSR count). The van der Waals surface area contributed by atoms with E-state index in [0.29, 0.717) is 11.3 Å². The number of amides is 1. The Bertz CT molecular complexity index is 813. The molecule has 1 aromatic heterocycles. The topological polar surface area (TPSA) is 80.0 Å². The minimum absolute atomic E-state index is 0.167. The van der Waals surface area contributed by atoms with Gasteiger partial charge < -0.3 is 10.4 Å². The Labute approximate surface area is 131 Å². The Hall–Kier alpha value is -3.22. The smallest absolute Gasteiger partial charge is 0.251 e. The number of aromatic nitrogens is 3. The minimum Gasteiger partial charge on any atom is -0.508 e. The van der Waals surface area contributed by atoms with Crippen LogP contribution in [0, 0.1) is 5.82 Å². The largest absolute Gasteiger partial charge is 0.508 e. The molecule has 1 amide bonds. The molecule has 2 N–H and O–H groups in total. The predicted octanol–water partition coefficient (Wildman–Crippen LogP) is 2.04. The fourth-order valence-electron chi connectivity index (χ4n) is 1.99. The van der Waals surface area contributed by atoms with E-state index in [1.165, 1.54) is 24.3 Å². The molecule has 116 valence electrons. The molecule has 23 heavy (non-hydrogen) atoms. The van der Waals surface area contributed by atoms with Gasteiger partial charge in [0.05, 0.1) is 18.4 Å². The average molecular weight is 312 g/mol. The van der Waals surface area contributed by atoms with E-state index in [1.54, 1.807) is 35.1 Å². The molecule has 0 fully saturated rings. The van der Waals surface area contributed by atoms with Gasteiger partial charge in [-0.1, -0.05) is 5.21 Å². The molecule has 0 aliphatic carbocycles. The van der Waals surface area contributed by atoms with Gasteiger partial charge in [-0.15, -0.1) is 5.10 Å². The summed E-state index contributed by atoms with van der Waals surface area (Å²) in [5.41, 5.74) is 1.69. The number of carbonyl (C=O) groups is 1. The maximum atomic E-state index is 12.8. The Morgan fingerprint density at radius 1 is 1.13 bits per heavy atom. The van der Waals surface area contributed by atoms with Gasteiger partial charge in [0.1, 0.15) is 17.3 Å². The van der Waals surface area contributed by atoms with E-state index in [-0.39, 0.29) is 18.2 Å². The molecule has 6 nitrogen and oxygen atoms in total. The second kappa shape index (κ2) is 6.27. The van der Waals surface area contributed by atoms with Gasteiger partial charge in [-0.2, -0.15) is 0 Å². The number of aromatic hydroxyl groups is 1. The van der Waals surface area contributed by atoms with E-state index in [1.807, 2.05) is 0 Å². The van der Waals surface area contributed by atoms with Crippen molar-refractivity contribution in [2.45, 2.75) is 6.54 Å². The summed E-state index contributed by atoms with van der Waals surface area (Å²) >= 11 is 0. The lowest BCUT2D eigenvalue weighted by Gasteiger charge is -2.02. The van der Waals surface area contributed by atoms with Gasteiger partial charge in [0.15, 0.2) is 0 Å². The van der Waals surface area contributed by atoms with Crippen LogP contribution in [-0.2, 0) is 6.54 Å². The van der Waals surface area contributed by atoms with E-state index in [4.69, 9.17) is 0 Å². The lowest BCUT2D eigenvalue weighted by atomic mass is 10.2. The third kappa shape index (κ3) is 3.52. The van der Waals surface area contributed by atoms with Crippen molar-refractivity contribution in [2.75, 3.05) is 0 Å². The molecular weight excluding hydrogens is 299 g/mol. The molecule has 0 saturated carbocycles. The van der Waals surface area contributed by atoms with Gasteiger partial charge in [0, 0.05) is 5.56 Å². The number of phenolic OH excluding ortho intramolecular Hbond substituents is 1. The van der Waals surface area contributed by atoms with Crippen molar-refractivity contribution in [1.29, 1.82) is 0 Å². The van der Waals surface area contributed by atoms with Gasteiger partial charge in [-0.25, -0.2) is 9.07 Å². The summed E-state index contributed by atoms with van der Waals surface area (Å²) in [6.45, 7) is 0.203. The summed E-state index contributed by atoms with van der Waals surface area (Å²) in [5, 5.41) is 19.9. The van der Waals surface area contributed by atoms with Gasteiger partial charge in [0.25, 0.3) is 5.91 Å². The lowest BCUT2D eigenvalue weighted by molar-refractivity contribution is 0.0950. The Balaban J connectivity index is 1.64. The normalized spacial score (nSPS) is 10.5. The SMILES string of the molecule is O=C(NCc1cn(-c2ccc(O)cc2)nn1)c1ccc(F)cc1. The second-order valence-electron chi connectivity index (χ2n) is 4.86. The predicted molar refractivity (Wildman–Crippen MR) is 80.6 cm³/mol. The number of phenols is 1. The second-order valence-corrected chi connectivity index (χ2v) is 4.86. The summed E-state index contributed by atoms with van der Waals surface area (Å²) in [4.78, 5) is 11.9. The van der Waals surface area contributed by atoms with Gasteiger partial charge in [-0.05, 0) is 48.5 Å². The Kier molecular flexibility index (Phi) is 4.01. The number of halogens is 1. The minimum atomic E-state index is -0.390. The molecular formula is C16H13FN4O2. The molecule has 0 aliphatic rings. The highest BCUT2D eigenvalue weighted by atomic mass is 19.1. The standard InChI is InChI=1S/C16H13FN4O2/c17-12-3-1-11(2-4-12)16(23)18-9-13-10-21(20-19-13)14-5-7-15(22)8-6-14/h1-8,10,22H,9H2,(H,18,23). The zero-order chi connectivity index (χ0) is 16.2. The van der Waals surface area contributed by atoms with Crippen LogP contribution in [0.25, 0.3) is 5.69 Å². The first-order chi connectivity index (χ1) is 11.1. The van der Waals surface area contributed by atoms with Crippen molar-refractivity contribution in [3.05, 3.63) is 71.8 Å². The van der Waals surface area contributed by atoms with E-state index in [9.17, 15) is 14.3 Å². The van der Waals surface area contributed by atoms with Crippen LogP contribution in [0.1, 0.15) is 16.1 Å². The molecule has 0 aliphatic heterocycles. The molecule has 0 bridgehead atoms. The fourth-order valence-corrected chi connectivity index (χ4v) is 1.99. The molecule has 3 aromatic rings. The highest BCUT2D eigenvalue weighted by molar-refractivity contribution is 5.94. The van der Waals surface area contributed by atoms with Crippen LogP contribution in [-0.4, -0.2) is 26.0 Å². The first kappa shape index (κ1) is 14.7. The molecule has 0 radical (unpaired) electrons. The van der Waals surface area contributed by atoms with Gasteiger partial charge in [-0.3, -0.25) is 4.79 Å². The first-order valence-electron chi connectivity index (χ1n) is 6.86. The summed E-state index contributed by atoms with van der Waals surface area (Å²) in [7, 11) is 0. The van der Waals surface area contributed by atoms with Crippen LogP contribution in [0.2, 0.25) is 0 Å². The third-order valence-corrected chi connectivity index (χ3v) is 3.19. The van der Waals surface area contributed by atoms with Crippen LogP contribution in [0.5, 0.6) is 5.75 Å². The van der Waals surface area contributed by atoms with Crippen molar-refractivity contribution < 1.29 is 14.3 Å². The number of carbonyl (C=O) groups excluding carboxylic acids is 1. The quantitative estimate of drug-likeness (QED) is 0.772. The monoisotopic (exact) mass is 312 g/mol. The zero-order valence-corrected chi connectivity index (χ0v) is 12.0. The number of rotatable bonds is 4. The van der Waals surface area contributed by atoms with E-state index in [0.717, 1.165) is 5.69 Å². The van der Waals surface area contributed by atoms with E-state index in [2.05, 4.69) is 15.6 Å². The van der Waals surface area contributed by atoms with Crippen LogP contribution < -0.4 is 5.32 Å². The molecule has 0 atom stereocenters. The van der Waals surface area contributed by atoms with Crippen LogP contribution in [0.3, 0.4) is 0 Å². The molecule has 0 spiro atoms.